The molecule has 2 N–H and O–H groups in total. The minimum atomic E-state index is -1.01. The van der Waals surface area contributed by atoms with E-state index < -0.39 is 34.7 Å². The zero-order valence-corrected chi connectivity index (χ0v) is 15.1. The van der Waals surface area contributed by atoms with Crippen LogP contribution in [-0.4, -0.2) is 52.8 Å². The Kier molecular flexibility index (Phi) is 5.83. The van der Waals surface area contributed by atoms with Crippen molar-refractivity contribution in [1.29, 1.82) is 0 Å². The number of nitro groups is 1. The van der Waals surface area contributed by atoms with Crippen LogP contribution in [0.2, 0.25) is 0 Å². The molecule has 0 saturated carbocycles. The molecule has 1 saturated heterocycles. The molecule has 11 nitrogen and oxygen atoms in total. The largest absolute Gasteiger partial charge is 0.444 e. The first-order chi connectivity index (χ1) is 12.6. The fraction of sp³-hybridized carbons (Fsp3) is 0.438. The summed E-state index contributed by atoms with van der Waals surface area (Å²) in [6.07, 6.45) is -0.726. The predicted octanol–water partition coefficient (Wildman–Crippen LogP) is 1.84. The Morgan fingerprint density at radius 1 is 1.33 bits per heavy atom. The normalized spacial score (nSPS) is 16.5. The molecule has 0 radical (unpaired) electrons. The van der Waals surface area contributed by atoms with E-state index >= 15 is 0 Å². The second-order valence-corrected chi connectivity index (χ2v) is 6.70. The zero-order chi connectivity index (χ0) is 20.2. The summed E-state index contributed by atoms with van der Waals surface area (Å²) in [6.45, 7) is 4.62. The maximum absolute atomic E-state index is 12.1. The van der Waals surface area contributed by atoms with Gasteiger partial charge in [-0.3, -0.25) is 15.0 Å². The third-order valence-electron chi connectivity index (χ3n) is 3.41. The van der Waals surface area contributed by atoms with Crippen LogP contribution in [0.25, 0.3) is 0 Å². The molecule has 0 aliphatic carbocycles. The molecule has 1 atom stereocenters. The minimum absolute atomic E-state index is 0.109. The van der Waals surface area contributed by atoms with Crippen molar-refractivity contribution in [3.05, 3.63) is 34.4 Å². The average Bonchev–Trinajstić information content (AvgIpc) is 2.93. The van der Waals surface area contributed by atoms with Gasteiger partial charge in [0, 0.05) is 17.8 Å². The van der Waals surface area contributed by atoms with Gasteiger partial charge >= 0.3 is 18.1 Å². The molecule has 0 spiro atoms. The molecule has 0 bridgehead atoms. The van der Waals surface area contributed by atoms with Gasteiger partial charge in [0.1, 0.15) is 5.60 Å². The molecule has 0 aromatic heterocycles. The van der Waals surface area contributed by atoms with E-state index in [2.05, 4.69) is 10.6 Å². The van der Waals surface area contributed by atoms with Crippen molar-refractivity contribution in [2.45, 2.75) is 32.4 Å². The number of cyclic esters (lactones) is 1. The number of hydrogen-bond donors (Lipinski definition) is 2. The number of nitro benzene ring substituents is 1. The van der Waals surface area contributed by atoms with E-state index in [4.69, 9.17) is 9.47 Å². The van der Waals surface area contributed by atoms with Crippen molar-refractivity contribution in [3.8, 4) is 0 Å². The molecule has 1 aromatic rings. The smallest absolute Gasteiger partial charge is 0.413 e. The van der Waals surface area contributed by atoms with Crippen molar-refractivity contribution >= 4 is 29.5 Å². The topological polar surface area (TPSA) is 140 Å². The zero-order valence-electron chi connectivity index (χ0n) is 15.1. The van der Waals surface area contributed by atoms with Crippen molar-refractivity contribution in [3.63, 3.8) is 0 Å². The number of amides is 3. The number of benzene rings is 1. The van der Waals surface area contributed by atoms with Crippen molar-refractivity contribution in [1.82, 2.24) is 10.2 Å². The Balaban J connectivity index is 1.91. The first kappa shape index (κ1) is 19.9. The van der Waals surface area contributed by atoms with E-state index in [0.29, 0.717) is 5.69 Å². The lowest BCUT2D eigenvalue weighted by Gasteiger charge is -2.25. The predicted molar refractivity (Wildman–Crippen MR) is 92.9 cm³/mol. The van der Waals surface area contributed by atoms with Crippen LogP contribution in [0.1, 0.15) is 20.8 Å². The first-order valence-corrected chi connectivity index (χ1v) is 8.02. The minimum Gasteiger partial charge on any atom is -0.444 e. The standard InChI is InChI=1S/C16H20N4O7/c1-16(2,3)27-15(23)19-9-26-13(21)12(19)8-17-14(22)18-10-4-6-11(7-5-10)20(24)25/h4-7,12H,8-9H2,1-3H3,(H2,17,18,22)/t12-/m0/s1. The fourth-order valence-corrected chi connectivity index (χ4v) is 2.17. The molecule has 0 unspecified atom stereocenters. The van der Waals surface area contributed by atoms with Crippen molar-refractivity contribution < 1.29 is 28.8 Å². The van der Waals surface area contributed by atoms with Gasteiger partial charge in [0.15, 0.2) is 12.8 Å². The van der Waals surface area contributed by atoms with Crippen LogP contribution in [0.4, 0.5) is 21.0 Å². The summed E-state index contributed by atoms with van der Waals surface area (Å²) in [5.74, 6) is -0.656. The van der Waals surface area contributed by atoms with E-state index in [1.165, 1.54) is 24.3 Å². The number of carbonyl (C=O) groups is 3. The summed E-state index contributed by atoms with van der Waals surface area (Å²) in [6, 6.07) is 3.57. The van der Waals surface area contributed by atoms with Gasteiger partial charge in [0.2, 0.25) is 0 Å². The monoisotopic (exact) mass is 380 g/mol. The van der Waals surface area contributed by atoms with Gasteiger partial charge in [-0.15, -0.1) is 0 Å². The third-order valence-corrected chi connectivity index (χ3v) is 3.41. The number of nitrogens with zero attached hydrogens (tertiary/aromatic N) is 2. The van der Waals surface area contributed by atoms with Gasteiger partial charge < -0.3 is 20.1 Å². The van der Waals surface area contributed by atoms with Crippen LogP contribution in [0.3, 0.4) is 0 Å². The maximum atomic E-state index is 12.1. The van der Waals surface area contributed by atoms with Gasteiger partial charge in [-0.05, 0) is 32.9 Å². The van der Waals surface area contributed by atoms with Crippen LogP contribution in [0.15, 0.2) is 24.3 Å². The summed E-state index contributed by atoms with van der Waals surface area (Å²) >= 11 is 0. The average molecular weight is 380 g/mol. The van der Waals surface area contributed by atoms with Crippen LogP contribution in [0, 0.1) is 10.1 Å². The number of ether oxygens (including phenoxy) is 2. The quantitative estimate of drug-likeness (QED) is 0.461. The van der Waals surface area contributed by atoms with Gasteiger partial charge in [0.05, 0.1) is 11.5 Å². The Morgan fingerprint density at radius 3 is 2.52 bits per heavy atom. The molecule has 1 aromatic carbocycles. The fourth-order valence-electron chi connectivity index (χ4n) is 2.17. The van der Waals surface area contributed by atoms with E-state index in [9.17, 15) is 24.5 Å². The van der Waals surface area contributed by atoms with Gasteiger partial charge in [-0.1, -0.05) is 0 Å². The maximum Gasteiger partial charge on any atom is 0.413 e. The lowest BCUT2D eigenvalue weighted by atomic mass is 10.2. The van der Waals surface area contributed by atoms with Crippen molar-refractivity contribution in [2.24, 2.45) is 0 Å². The van der Waals surface area contributed by atoms with Crippen LogP contribution in [0.5, 0.6) is 0 Å². The van der Waals surface area contributed by atoms with E-state index in [1.807, 2.05) is 0 Å². The number of non-ortho nitro benzene ring substituents is 1. The summed E-state index contributed by atoms with van der Waals surface area (Å²) < 4.78 is 10.1. The summed E-state index contributed by atoms with van der Waals surface area (Å²) in [5.41, 5.74) is -0.521. The summed E-state index contributed by atoms with van der Waals surface area (Å²) in [5, 5.41) is 15.5. The number of anilines is 1. The van der Waals surface area contributed by atoms with E-state index in [1.54, 1.807) is 20.8 Å². The molecule has 2 rings (SSSR count). The van der Waals surface area contributed by atoms with Crippen LogP contribution < -0.4 is 10.6 Å². The first-order valence-electron chi connectivity index (χ1n) is 8.02. The number of hydrogen-bond acceptors (Lipinski definition) is 7. The lowest BCUT2D eigenvalue weighted by molar-refractivity contribution is -0.384. The molecule has 1 aliphatic rings. The Bertz CT molecular complexity index is 742. The molecule has 1 fully saturated rings. The molecule has 27 heavy (non-hydrogen) atoms. The highest BCUT2D eigenvalue weighted by molar-refractivity contribution is 5.90. The summed E-state index contributed by atoms with van der Waals surface area (Å²) in [7, 11) is 0. The molecular formula is C16H20N4O7. The van der Waals surface area contributed by atoms with Crippen LogP contribution >= 0.6 is 0 Å². The Labute approximate surface area is 154 Å². The van der Waals surface area contributed by atoms with Crippen molar-refractivity contribution in [2.75, 3.05) is 18.6 Å². The highest BCUT2D eigenvalue weighted by Gasteiger charge is 2.40. The van der Waals surface area contributed by atoms with Gasteiger partial charge in [-0.2, -0.15) is 0 Å². The Hall–Kier alpha value is -3.37. The molecule has 1 aliphatic heterocycles. The summed E-state index contributed by atoms with van der Waals surface area (Å²) in [4.78, 5) is 47.0. The van der Waals surface area contributed by atoms with E-state index in [-0.39, 0.29) is 19.0 Å². The number of rotatable bonds is 4. The molecule has 11 heteroatoms. The SMILES string of the molecule is CC(C)(C)OC(=O)N1COC(=O)[C@@H]1CNC(=O)Nc1ccc([N+](=O)[O-])cc1. The highest BCUT2D eigenvalue weighted by atomic mass is 16.6. The second kappa shape index (κ2) is 7.89. The highest BCUT2D eigenvalue weighted by Crippen LogP contribution is 2.17. The third kappa shape index (κ3) is 5.56. The number of carbonyl (C=O) groups excluding carboxylic acids is 3. The number of nitrogens with one attached hydrogen (secondary N) is 2. The second-order valence-electron chi connectivity index (χ2n) is 6.70. The molecule has 3 amide bonds. The Morgan fingerprint density at radius 2 is 1.96 bits per heavy atom. The van der Waals surface area contributed by atoms with Gasteiger partial charge in [0.25, 0.3) is 5.69 Å². The lowest BCUT2D eigenvalue weighted by Crippen LogP contribution is -2.48. The molecular weight excluding hydrogens is 360 g/mol. The van der Waals surface area contributed by atoms with Crippen LogP contribution in [-0.2, 0) is 14.3 Å². The number of esters is 1. The number of urea groups is 1. The molecule has 1 heterocycles. The van der Waals surface area contributed by atoms with E-state index in [0.717, 1.165) is 4.90 Å². The van der Waals surface area contributed by atoms with Gasteiger partial charge in [-0.25, -0.2) is 14.4 Å². The molecule has 146 valence electrons.